The van der Waals surface area contributed by atoms with Crippen LogP contribution < -0.4 is 14.4 Å². The lowest BCUT2D eigenvalue weighted by Crippen LogP contribution is -3.08. The van der Waals surface area contributed by atoms with Crippen molar-refractivity contribution >= 4 is 16.7 Å². The molecular weight excluding hydrogens is 340 g/mol. The predicted molar refractivity (Wildman–Crippen MR) is 107 cm³/mol. The van der Waals surface area contributed by atoms with E-state index in [9.17, 15) is 4.79 Å². The van der Waals surface area contributed by atoms with Gasteiger partial charge in [-0.2, -0.15) is 0 Å². The van der Waals surface area contributed by atoms with Crippen molar-refractivity contribution in [3.63, 3.8) is 0 Å². The Balaban J connectivity index is 1.72. The Kier molecular flexibility index (Phi) is 5.81. The van der Waals surface area contributed by atoms with Crippen LogP contribution in [0.5, 0.6) is 11.5 Å². The second-order valence-electron chi connectivity index (χ2n) is 6.82. The molecule has 3 rings (SSSR count). The maximum atomic E-state index is 12.9. The zero-order chi connectivity index (χ0) is 19.4. The number of carbonyl (C=O) groups is 1. The van der Waals surface area contributed by atoms with Crippen molar-refractivity contribution in [2.75, 3.05) is 27.3 Å². The molecule has 1 heterocycles. The fourth-order valence-corrected chi connectivity index (χ4v) is 3.51. The SMILES string of the molecule is CCOc1ccc(C[NH+](C)CC(=O)c2c(C)[nH]c3ccccc23)cc1OC. The molecule has 0 saturated heterocycles. The van der Waals surface area contributed by atoms with E-state index in [2.05, 4.69) is 4.98 Å². The Morgan fingerprint density at radius 1 is 1.15 bits per heavy atom. The lowest BCUT2D eigenvalue weighted by molar-refractivity contribution is -0.884. The van der Waals surface area contributed by atoms with Crippen LogP contribution in [0.25, 0.3) is 10.9 Å². The van der Waals surface area contributed by atoms with E-state index in [1.807, 2.05) is 63.4 Å². The topological polar surface area (TPSA) is 55.8 Å². The van der Waals surface area contributed by atoms with Gasteiger partial charge in [-0.3, -0.25) is 4.79 Å². The van der Waals surface area contributed by atoms with Crippen molar-refractivity contribution < 1.29 is 19.2 Å². The van der Waals surface area contributed by atoms with Crippen molar-refractivity contribution in [1.29, 1.82) is 0 Å². The molecule has 5 nitrogen and oxygen atoms in total. The number of para-hydroxylation sites is 1. The highest BCUT2D eigenvalue weighted by Crippen LogP contribution is 2.27. The molecule has 0 saturated carbocycles. The molecule has 27 heavy (non-hydrogen) atoms. The summed E-state index contributed by atoms with van der Waals surface area (Å²) < 4.78 is 11.0. The van der Waals surface area contributed by atoms with Crippen LogP contribution in [0, 0.1) is 6.92 Å². The Hall–Kier alpha value is -2.79. The van der Waals surface area contributed by atoms with Crippen LogP contribution >= 0.6 is 0 Å². The molecule has 142 valence electrons. The van der Waals surface area contributed by atoms with E-state index in [1.165, 1.54) is 0 Å². The van der Waals surface area contributed by atoms with Crippen LogP contribution in [-0.2, 0) is 6.54 Å². The Labute approximate surface area is 159 Å². The highest BCUT2D eigenvalue weighted by Gasteiger charge is 2.19. The van der Waals surface area contributed by atoms with Gasteiger partial charge >= 0.3 is 0 Å². The van der Waals surface area contributed by atoms with Gasteiger partial charge in [-0.25, -0.2) is 0 Å². The number of likely N-dealkylation sites (N-methyl/N-ethyl adjacent to an activating group) is 1. The molecule has 0 aliphatic carbocycles. The number of aryl methyl sites for hydroxylation is 1. The smallest absolute Gasteiger partial charge is 0.219 e. The van der Waals surface area contributed by atoms with E-state index in [-0.39, 0.29) is 5.78 Å². The third-order valence-electron chi connectivity index (χ3n) is 4.67. The van der Waals surface area contributed by atoms with E-state index in [1.54, 1.807) is 7.11 Å². The molecule has 2 N–H and O–H groups in total. The number of aromatic nitrogens is 1. The van der Waals surface area contributed by atoms with Crippen LogP contribution in [-0.4, -0.2) is 38.1 Å². The van der Waals surface area contributed by atoms with Gasteiger partial charge in [0.2, 0.25) is 5.78 Å². The summed E-state index contributed by atoms with van der Waals surface area (Å²) in [5, 5.41) is 0.996. The fraction of sp³-hybridized carbons (Fsp3) is 0.318. The molecule has 0 spiro atoms. The number of nitrogens with one attached hydrogen (secondary N) is 2. The molecule has 5 heteroatoms. The first-order chi connectivity index (χ1) is 13.0. The number of methoxy groups -OCH3 is 1. The number of benzene rings is 2. The summed E-state index contributed by atoms with van der Waals surface area (Å²) in [4.78, 5) is 17.3. The lowest BCUT2D eigenvalue weighted by Gasteiger charge is -2.15. The number of hydrogen-bond acceptors (Lipinski definition) is 3. The van der Waals surface area contributed by atoms with Crippen LogP contribution in [0.1, 0.15) is 28.5 Å². The van der Waals surface area contributed by atoms with Gasteiger partial charge in [0.05, 0.1) is 26.3 Å². The van der Waals surface area contributed by atoms with E-state index >= 15 is 0 Å². The van der Waals surface area contributed by atoms with E-state index in [0.29, 0.717) is 13.2 Å². The van der Waals surface area contributed by atoms with Crippen LogP contribution in [0.3, 0.4) is 0 Å². The van der Waals surface area contributed by atoms with Crippen molar-refractivity contribution in [2.45, 2.75) is 20.4 Å². The Bertz CT molecular complexity index is 946. The van der Waals surface area contributed by atoms with Crippen LogP contribution in [0.15, 0.2) is 42.5 Å². The quantitative estimate of drug-likeness (QED) is 0.602. The standard InChI is InChI=1S/C22H26N2O3/c1-5-27-20-11-10-16(12-21(20)26-4)13-24(3)14-19(25)22-15(2)23-18-9-7-6-8-17(18)22/h6-12,23H,5,13-14H2,1-4H3/p+1. The third-order valence-corrected chi connectivity index (χ3v) is 4.67. The monoisotopic (exact) mass is 367 g/mol. The predicted octanol–water partition coefficient (Wildman–Crippen LogP) is 2.78. The number of H-pyrrole nitrogens is 1. The van der Waals surface area contributed by atoms with Gasteiger partial charge in [0.15, 0.2) is 11.5 Å². The minimum absolute atomic E-state index is 0.153. The molecule has 0 fully saturated rings. The van der Waals surface area contributed by atoms with Crippen LogP contribution in [0.4, 0.5) is 0 Å². The Morgan fingerprint density at radius 3 is 2.67 bits per heavy atom. The summed E-state index contributed by atoms with van der Waals surface area (Å²) in [5.41, 5.74) is 3.84. The summed E-state index contributed by atoms with van der Waals surface area (Å²) >= 11 is 0. The lowest BCUT2D eigenvalue weighted by atomic mass is 10.1. The maximum absolute atomic E-state index is 12.9. The largest absolute Gasteiger partial charge is 0.493 e. The third kappa shape index (κ3) is 4.14. The zero-order valence-electron chi connectivity index (χ0n) is 16.4. The molecule has 0 bridgehead atoms. The second kappa shape index (κ2) is 8.27. The number of ketones is 1. The minimum Gasteiger partial charge on any atom is -0.493 e. The van der Waals surface area contributed by atoms with Gasteiger partial charge in [-0.15, -0.1) is 0 Å². The van der Waals surface area contributed by atoms with Gasteiger partial charge in [0.25, 0.3) is 0 Å². The number of hydrogen-bond donors (Lipinski definition) is 2. The van der Waals surface area contributed by atoms with E-state index in [4.69, 9.17) is 9.47 Å². The molecule has 1 atom stereocenters. The van der Waals surface area contributed by atoms with Crippen molar-refractivity contribution in [2.24, 2.45) is 0 Å². The first-order valence-electron chi connectivity index (χ1n) is 9.25. The molecule has 0 aliphatic rings. The van der Waals surface area contributed by atoms with Gasteiger partial charge in [0.1, 0.15) is 13.1 Å². The molecule has 1 unspecified atom stereocenters. The second-order valence-corrected chi connectivity index (χ2v) is 6.82. The molecule has 0 aliphatic heterocycles. The van der Waals surface area contributed by atoms with E-state index < -0.39 is 0 Å². The highest BCUT2D eigenvalue weighted by molar-refractivity contribution is 6.09. The molecular formula is C22H27N2O3+. The number of aromatic amines is 1. The van der Waals surface area contributed by atoms with Gasteiger partial charge in [-0.05, 0) is 38.1 Å². The van der Waals surface area contributed by atoms with E-state index in [0.717, 1.165) is 50.7 Å². The number of fused-ring (bicyclic) bond motifs is 1. The molecule has 1 aromatic heterocycles. The van der Waals surface area contributed by atoms with Gasteiger partial charge in [-0.1, -0.05) is 18.2 Å². The molecule has 2 aromatic carbocycles. The first kappa shape index (κ1) is 19.0. The van der Waals surface area contributed by atoms with Gasteiger partial charge < -0.3 is 19.4 Å². The molecule has 0 amide bonds. The van der Waals surface area contributed by atoms with Crippen molar-refractivity contribution in [3.8, 4) is 11.5 Å². The average molecular weight is 367 g/mol. The number of rotatable bonds is 8. The van der Waals surface area contributed by atoms with Crippen molar-refractivity contribution in [3.05, 3.63) is 59.3 Å². The summed E-state index contributed by atoms with van der Waals surface area (Å²) in [7, 11) is 3.67. The number of quaternary nitrogens is 1. The number of carbonyl (C=O) groups excluding carboxylic acids is 1. The summed E-state index contributed by atoms with van der Waals surface area (Å²) in [6, 6.07) is 13.9. The minimum atomic E-state index is 0.153. The van der Waals surface area contributed by atoms with Crippen molar-refractivity contribution in [1.82, 2.24) is 4.98 Å². The molecule has 3 aromatic rings. The number of Topliss-reactive ketones (excluding diaryl/α,β-unsaturated/α-hetero) is 1. The fourth-order valence-electron chi connectivity index (χ4n) is 3.51. The highest BCUT2D eigenvalue weighted by atomic mass is 16.5. The summed E-state index contributed by atoms with van der Waals surface area (Å²) in [6.07, 6.45) is 0. The molecule has 0 radical (unpaired) electrons. The average Bonchev–Trinajstić information content (AvgIpc) is 2.98. The Morgan fingerprint density at radius 2 is 1.93 bits per heavy atom. The number of ether oxygens (including phenoxy) is 2. The normalized spacial score (nSPS) is 12.1. The van der Waals surface area contributed by atoms with Gasteiger partial charge in [0, 0.05) is 22.2 Å². The maximum Gasteiger partial charge on any atom is 0.219 e. The summed E-state index contributed by atoms with van der Waals surface area (Å²) in [5.74, 6) is 1.62. The summed E-state index contributed by atoms with van der Waals surface area (Å²) in [6.45, 7) is 5.66. The first-order valence-corrected chi connectivity index (χ1v) is 9.25. The zero-order valence-corrected chi connectivity index (χ0v) is 16.4. The van der Waals surface area contributed by atoms with Crippen LogP contribution in [0.2, 0.25) is 0 Å².